The molecule has 2 atom stereocenters. The van der Waals surface area contributed by atoms with Gasteiger partial charge in [0.05, 0.1) is 21.1 Å². The van der Waals surface area contributed by atoms with E-state index in [1.54, 1.807) is 17.7 Å². The van der Waals surface area contributed by atoms with Crippen LogP contribution in [-0.4, -0.2) is 86.0 Å². The van der Waals surface area contributed by atoms with E-state index in [1.807, 2.05) is 27.4 Å². The van der Waals surface area contributed by atoms with Crippen LogP contribution in [0, 0.1) is 0 Å². The molecular weight excluding hydrogens is 472 g/mol. The van der Waals surface area contributed by atoms with Crippen LogP contribution in [0.1, 0.15) is 26.0 Å². The maximum atomic E-state index is 13.2. The molecule has 3 aromatic heterocycles. The molecule has 0 saturated carbocycles. The summed E-state index contributed by atoms with van der Waals surface area (Å²) in [7, 11) is 2.13. The number of likely N-dealkylation sites (N-methyl/N-ethyl adjacent to an activating group) is 1. The molecule has 4 aromatic rings. The van der Waals surface area contributed by atoms with Gasteiger partial charge in [-0.05, 0) is 57.2 Å². The van der Waals surface area contributed by atoms with Crippen LogP contribution in [0.2, 0.25) is 0 Å². The van der Waals surface area contributed by atoms with Gasteiger partial charge in [0, 0.05) is 49.6 Å². The molecule has 0 radical (unpaired) electrons. The monoisotopic (exact) mass is 502 g/mol. The van der Waals surface area contributed by atoms with Crippen LogP contribution in [0.15, 0.2) is 42.2 Å². The first-order valence-corrected chi connectivity index (χ1v) is 13.2. The van der Waals surface area contributed by atoms with Crippen molar-refractivity contribution in [3.8, 4) is 0 Å². The first-order chi connectivity index (χ1) is 17.5. The van der Waals surface area contributed by atoms with Crippen LogP contribution in [0.4, 0.5) is 16.3 Å². The second-order valence-electron chi connectivity index (χ2n) is 9.83. The molecule has 2 unspecified atom stereocenters. The highest BCUT2D eigenvalue weighted by Crippen LogP contribution is 2.31. The SMILES string of the molecule is CC1CN(C(=O)N2CC=C(c3cc4c(Nc5ccc6ncsc6c5)ncnc4[nH]3)CC2)C(C)CN1C. The van der Waals surface area contributed by atoms with Crippen LogP contribution in [0.5, 0.6) is 0 Å². The molecule has 0 aliphatic carbocycles. The first-order valence-electron chi connectivity index (χ1n) is 12.4. The second-order valence-corrected chi connectivity index (χ2v) is 10.7. The summed E-state index contributed by atoms with van der Waals surface area (Å²) < 4.78 is 1.13. The highest BCUT2D eigenvalue weighted by molar-refractivity contribution is 7.16. The van der Waals surface area contributed by atoms with E-state index in [4.69, 9.17) is 0 Å². The maximum Gasteiger partial charge on any atom is 0.320 e. The number of aromatic amines is 1. The topological polar surface area (TPSA) is 93.3 Å². The number of H-pyrrole nitrogens is 1. The minimum absolute atomic E-state index is 0.143. The average Bonchev–Trinajstić information content (AvgIpc) is 3.53. The fraction of sp³-hybridized carbons (Fsp3) is 0.385. The third kappa shape index (κ3) is 4.20. The standard InChI is InChI=1S/C26H30N8OS/c1-16-13-34(17(2)12-32(16)3)26(35)33-8-6-18(7-9-33)22-11-20-24(27-14-28-25(20)31-22)30-19-4-5-21-23(10-19)36-15-29-21/h4-6,10-11,14-17H,7-9,12-13H2,1-3H3,(H2,27,28,30,31). The molecule has 1 saturated heterocycles. The molecule has 1 fully saturated rings. The number of piperazine rings is 1. The number of carbonyl (C=O) groups is 1. The molecule has 2 aliphatic heterocycles. The van der Waals surface area contributed by atoms with Crippen LogP contribution in [-0.2, 0) is 0 Å². The summed E-state index contributed by atoms with van der Waals surface area (Å²) >= 11 is 1.62. The van der Waals surface area contributed by atoms with Crippen molar-refractivity contribution in [3.63, 3.8) is 0 Å². The summed E-state index contributed by atoms with van der Waals surface area (Å²) in [5.41, 5.74) is 6.84. The molecule has 186 valence electrons. The van der Waals surface area contributed by atoms with Crippen molar-refractivity contribution < 1.29 is 4.79 Å². The second kappa shape index (κ2) is 9.18. The quantitative estimate of drug-likeness (QED) is 0.427. The smallest absolute Gasteiger partial charge is 0.320 e. The summed E-state index contributed by atoms with van der Waals surface area (Å²) in [5, 5.41) is 4.38. The molecule has 2 N–H and O–H groups in total. The van der Waals surface area contributed by atoms with E-state index >= 15 is 0 Å². The summed E-state index contributed by atoms with van der Waals surface area (Å²) in [5.74, 6) is 0.762. The highest BCUT2D eigenvalue weighted by atomic mass is 32.1. The zero-order chi connectivity index (χ0) is 24.8. The Balaban J connectivity index is 1.19. The number of thiazole rings is 1. The van der Waals surface area contributed by atoms with Gasteiger partial charge in [0.1, 0.15) is 17.8 Å². The van der Waals surface area contributed by atoms with Gasteiger partial charge in [0.15, 0.2) is 0 Å². The van der Waals surface area contributed by atoms with Gasteiger partial charge in [-0.15, -0.1) is 11.3 Å². The Morgan fingerprint density at radius 2 is 2.03 bits per heavy atom. The van der Waals surface area contributed by atoms with Gasteiger partial charge < -0.3 is 20.1 Å². The molecule has 6 rings (SSSR count). The number of fused-ring (bicyclic) bond motifs is 2. The van der Waals surface area contributed by atoms with Crippen molar-refractivity contribution in [1.29, 1.82) is 0 Å². The number of nitrogens with one attached hydrogen (secondary N) is 2. The van der Waals surface area contributed by atoms with Gasteiger partial charge in [0.2, 0.25) is 0 Å². The summed E-state index contributed by atoms with van der Waals surface area (Å²) in [6.45, 7) is 7.32. The number of hydrogen-bond donors (Lipinski definition) is 2. The number of urea groups is 1. The van der Waals surface area contributed by atoms with Gasteiger partial charge in [-0.2, -0.15) is 0 Å². The third-order valence-corrected chi connectivity index (χ3v) is 8.18. The van der Waals surface area contributed by atoms with E-state index in [9.17, 15) is 4.79 Å². The number of amides is 2. The Labute approximate surface area is 213 Å². The molecule has 2 amide bonds. The molecule has 36 heavy (non-hydrogen) atoms. The molecule has 10 heteroatoms. The van der Waals surface area contributed by atoms with Gasteiger partial charge in [0.25, 0.3) is 0 Å². The van der Waals surface area contributed by atoms with Crippen LogP contribution in [0.3, 0.4) is 0 Å². The Morgan fingerprint density at radius 1 is 1.14 bits per heavy atom. The van der Waals surface area contributed by atoms with E-state index in [-0.39, 0.29) is 12.1 Å². The maximum absolute atomic E-state index is 13.2. The lowest BCUT2D eigenvalue weighted by atomic mass is 10.0. The zero-order valence-electron chi connectivity index (χ0n) is 20.7. The molecule has 9 nitrogen and oxygen atoms in total. The fourth-order valence-corrected chi connectivity index (χ4v) is 5.83. The lowest BCUT2D eigenvalue weighted by Gasteiger charge is -2.44. The van der Waals surface area contributed by atoms with E-state index in [2.05, 4.69) is 69.3 Å². The Bertz CT molecular complexity index is 1460. The van der Waals surface area contributed by atoms with E-state index in [1.165, 1.54) is 5.57 Å². The molecule has 1 aromatic carbocycles. The molecule has 0 bridgehead atoms. The molecule has 5 heterocycles. The number of carbonyl (C=O) groups excluding carboxylic acids is 1. The molecular formula is C26H30N8OS. The normalized spacial score (nSPS) is 21.2. The number of hydrogen-bond acceptors (Lipinski definition) is 7. The fourth-order valence-electron chi connectivity index (χ4n) is 5.12. The van der Waals surface area contributed by atoms with Crippen molar-refractivity contribution in [1.82, 2.24) is 34.6 Å². The van der Waals surface area contributed by atoms with Crippen molar-refractivity contribution >= 4 is 55.7 Å². The minimum Gasteiger partial charge on any atom is -0.340 e. The average molecular weight is 503 g/mol. The zero-order valence-corrected chi connectivity index (χ0v) is 21.5. The van der Waals surface area contributed by atoms with Crippen molar-refractivity contribution in [2.45, 2.75) is 32.4 Å². The molecule has 2 aliphatic rings. The predicted octanol–water partition coefficient (Wildman–Crippen LogP) is 4.54. The van der Waals surface area contributed by atoms with Crippen molar-refractivity contribution in [2.75, 3.05) is 38.5 Å². The van der Waals surface area contributed by atoms with Crippen LogP contribution < -0.4 is 5.32 Å². The number of anilines is 2. The summed E-state index contributed by atoms with van der Waals surface area (Å²) in [6.07, 6.45) is 4.53. The van der Waals surface area contributed by atoms with Gasteiger partial charge in [-0.25, -0.2) is 19.7 Å². The lowest BCUT2D eigenvalue weighted by molar-refractivity contribution is 0.0650. The third-order valence-electron chi connectivity index (χ3n) is 7.39. The van der Waals surface area contributed by atoms with Crippen molar-refractivity contribution in [3.05, 3.63) is 47.9 Å². The number of rotatable bonds is 3. The van der Waals surface area contributed by atoms with Gasteiger partial charge in [-0.1, -0.05) is 6.08 Å². The largest absolute Gasteiger partial charge is 0.340 e. The minimum atomic E-state index is 0.143. The van der Waals surface area contributed by atoms with Crippen LogP contribution >= 0.6 is 11.3 Å². The van der Waals surface area contributed by atoms with E-state index in [0.717, 1.165) is 58.0 Å². The Morgan fingerprint density at radius 3 is 2.86 bits per heavy atom. The first kappa shape index (κ1) is 22.9. The Hall–Kier alpha value is -3.50. The summed E-state index contributed by atoms with van der Waals surface area (Å²) in [6, 6.07) is 8.96. The van der Waals surface area contributed by atoms with Gasteiger partial charge in [-0.3, -0.25) is 4.90 Å². The van der Waals surface area contributed by atoms with Crippen LogP contribution in [0.25, 0.3) is 26.8 Å². The predicted molar refractivity (Wildman–Crippen MR) is 145 cm³/mol. The lowest BCUT2D eigenvalue weighted by Crippen LogP contribution is -2.59. The highest BCUT2D eigenvalue weighted by Gasteiger charge is 2.33. The molecule has 0 spiro atoms. The van der Waals surface area contributed by atoms with E-state index in [0.29, 0.717) is 19.1 Å². The number of aromatic nitrogens is 4. The van der Waals surface area contributed by atoms with Crippen molar-refractivity contribution in [2.24, 2.45) is 0 Å². The Kier molecular flexibility index (Phi) is 5.85. The van der Waals surface area contributed by atoms with Gasteiger partial charge >= 0.3 is 6.03 Å². The van der Waals surface area contributed by atoms with E-state index < -0.39 is 0 Å². The number of nitrogens with zero attached hydrogens (tertiary/aromatic N) is 6. The number of benzene rings is 1. The summed E-state index contributed by atoms with van der Waals surface area (Å²) in [4.78, 5) is 36.3.